The van der Waals surface area contributed by atoms with Crippen molar-refractivity contribution in [3.8, 4) is 10.6 Å². The monoisotopic (exact) mass is 444 g/mol. The molecule has 0 saturated heterocycles. The Morgan fingerprint density at radius 1 is 0.935 bits per heavy atom. The molecule has 5 rings (SSSR count). The molecule has 2 nitrogen and oxygen atoms in total. The summed E-state index contributed by atoms with van der Waals surface area (Å²) in [6.07, 6.45) is 4.86. The number of para-hydroxylation sites is 1. The Hall–Kier alpha value is -2.30. The van der Waals surface area contributed by atoms with Crippen molar-refractivity contribution in [3.63, 3.8) is 0 Å². The second kappa shape index (κ2) is 7.99. The smallest absolute Gasteiger partial charge is 0.127 e. The fourth-order valence-corrected chi connectivity index (χ4v) is 6.67. The number of rotatable bonds is 3. The first kappa shape index (κ1) is 20.6. The summed E-state index contributed by atoms with van der Waals surface area (Å²) in [5.74, 6) is 0. The summed E-state index contributed by atoms with van der Waals surface area (Å²) in [5, 5.41) is 2.25. The van der Waals surface area contributed by atoms with Crippen LogP contribution in [0.15, 0.2) is 53.5 Å². The average Bonchev–Trinajstić information content (AvgIpc) is 3.33. The Bertz CT molecular complexity index is 1230. The Labute approximate surface area is 192 Å². The number of thiazole rings is 1. The fraction of sp³-hybridized carbons (Fsp3) is 0.333. The first-order valence-electron chi connectivity index (χ1n) is 11.1. The van der Waals surface area contributed by atoms with Gasteiger partial charge in [0.1, 0.15) is 10.0 Å². The average molecular weight is 445 g/mol. The molecule has 1 aliphatic carbocycles. The molecule has 2 aromatic heterocycles. The minimum atomic E-state index is 0.163. The SMILES string of the molecule is C/C(=N\c1sc2c(c1-c1nc3ccccc3s1)CCCC2)c1ccc(C(C)(C)C)cc1. The van der Waals surface area contributed by atoms with Crippen LogP contribution in [0.2, 0.25) is 0 Å². The molecule has 0 spiro atoms. The fourth-order valence-electron chi connectivity index (χ4n) is 4.26. The van der Waals surface area contributed by atoms with Gasteiger partial charge in [0.05, 0.1) is 15.8 Å². The van der Waals surface area contributed by atoms with Crippen molar-refractivity contribution < 1.29 is 0 Å². The van der Waals surface area contributed by atoms with Gasteiger partial charge in [-0.25, -0.2) is 9.98 Å². The number of fused-ring (bicyclic) bond motifs is 2. The van der Waals surface area contributed by atoms with Gasteiger partial charge < -0.3 is 0 Å². The van der Waals surface area contributed by atoms with Crippen molar-refractivity contribution in [2.24, 2.45) is 4.99 Å². The maximum atomic E-state index is 5.17. The summed E-state index contributed by atoms with van der Waals surface area (Å²) in [6.45, 7) is 8.89. The van der Waals surface area contributed by atoms with Crippen LogP contribution >= 0.6 is 22.7 Å². The highest BCUT2D eigenvalue weighted by molar-refractivity contribution is 7.22. The lowest BCUT2D eigenvalue weighted by molar-refractivity contribution is 0.590. The molecule has 31 heavy (non-hydrogen) atoms. The predicted octanol–water partition coefficient (Wildman–Crippen LogP) is 8.34. The second-order valence-electron chi connectivity index (χ2n) is 9.40. The van der Waals surface area contributed by atoms with Crippen LogP contribution in [0.1, 0.15) is 62.1 Å². The zero-order valence-corrected chi connectivity index (χ0v) is 20.3. The number of hydrogen-bond donors (Lipinski definition) is 0. The van der Waals surface area contributed by atoms with Crippen LogP contribution in [0.25, 0.3) is 20.8 Å². The van der Waals surface area contributed by atoms with Crippen molar-refractivity contribution in [2.75, 3.05) is 0 Å². The van der Waals surface area contributed by atoms with Crippen LogP contribution in [0.3, 0.4) is 0 Å². The van der Waals surface area contributed by atoms with Crippen molar-refractivity contribution >= 4 is 43.6 Å². The van der Waals surface area contributed by atoms with Gasteiger partial charge in [0.15, 0.2) is 0 Å². The largest absolute Gasteiger partial charge is 0.242 e. The second-order valence-corrected chi connectivity index (χ2v) is 11.5. The molecule has 0 aliphatic heterocycles. The van der Waals surface area contributed by atoms with Crippen LogP contribution in [0, 0.1) is 0 Å². The molecule has 2 aromatic carbocycles. The Kier molecular flexibility index (Phi) is 5.31. The van der Waals surface area contributed by atoms with Crippen LogP contribution in [-0.4, -0.2) is 10.7 Å². The first-order valence-corrected chi connectivity index (χ1v) is 12.7. The van der Waals surface area contributed by atoms with Crippen molar-refractivity contribution in [3.05, 3.63) is 70.1 Å². The van der Waals surface area contributed by atoms with Gasteiger partial charge in [-0.2, -0.15) is 0 Å². The highest BCUT2D eigenvalue weighted by Gasteiger charge is 2.24. The highest BCUT2D eigenvalue weighted by Crippen LogP contribution is 2.47. The van der Waals surface area contributed by atoms with Crippen molar-refractivity contribution in [1.82, 2.24) is 4.98 Å². The third kappa shape index (κ3) is 3.99. The Balaban J connectivity index is 1.59. The lowest BCUT2D eigenvalue weighted by Crippen LogP contribution is -2.11. The van der Waals surface area contributed by atoms with E-state index >= 15 is 0 Å². The van der Waals surface area contributed by atoms with Crippen LogP contribution in [0.4, 0.5) is 5.00 Å². The van der Waals surface area contributed by atoms with Gasteiger partial charge in [-0.3, -0.25) is 0 Å². The third-order valence-corrected chi connectivity index (χ3v) is 8.34. The summed E-state index contributed by atoms with van der Waals surface area (Å²) in [6, 6.07) is 17.3. The number of aryl methyl sites for hydroxylation is 1. The van der Waals surface area contributed by atoms with Crippen LogP contribution in [0.5, 0.6) is 0 Å². The maximum absolute atomic E-state index is 5.17. The summed E-state index contributed by atoms with van der Waals surface area (Å²) >= 11 is 3.67. The van der Waals surface area contributed by atoms with Gasteiger partial charge in [-0.05, 0) is 66.8 Å². The standard InChI is InChI=1S/C27H28N2S2/c1-17(18-13-15-19(16-14-18)27(2,3)4)28-25-24(20-9-5-7-11-22(20)30-25)26-29-21-10-6-8-12-23(21)31-26/h6,8,10,12-16H,5,7,9,11H2,1-4H3/b28-17+. The van der Waals surface area contributed by atoms with Crippen molar-refractivity contribution in [2.45, 2.75) is 58.8 Å². The van der Waals surface area contributed by atoms with Crippen molar-refractivity contribution in [1.29, 1.82) is 0 Å². The number of thiophene rings is 1. The topological polar surface area (TPSA) is 25.2 Å². The van der Waals surface area contributed by atoms with Gasteiger partial charge in [-0.15, -0.1) is 22.7 Å². The molecule has 0 amide bonds. The predicted molar refractivity (Wildman–Crippen MR) is 137 cm³/mol. The van der Waals surface area contributed by atoms with Gasteiger partial charge in [0, 0.05) is 10.6 Å². The molecule has 0 unspecified atom stereocenters. The van der Waals surface area contributed by atoms with E-state index in [2.05, 4.69) is 76.2 Å². The van der Waals surface area contributed by atoms with E-state index in [-0.39, 0.29) is 5.41 Å². The summed E-state index contributed by atoms with van der Waals surface area (Å²) < 4.78 is 1.25. The van der Waals surface area contributed by atoms with E-state index in [0.717, 1.165) is 27.7 Å². The van der Waals surface area contributed by atoms with E-state index in [4.69, 9.17) is 9.98 Å². The zero-order chi connectivity index (χ0) is 21.6. The zero-order valence-electron chi connectivity index (χ0n) is 18.7. The van der Waals surface area contributed by atoms with E-state index in [1.165, 1.54) is 51.1 Å². The summed E-state index contributed by atoms with van der Waals surface area (Å²) in [7, 11) is 0. The normalized spacial score (nSPS) is 14.8. The quantitative estimate of drug-likeness (QED) is 0.291. The molecule has 0 atom stereocenters. The Morgan fingerprint density at radius 3 is 2.42 bits per heavy atom. The summed E-state index contributed by atoms with van der Waals surface area (Å²) in [4.78, 5) is 11.7. The van der Waals surface area contributed by atoms with Crippen LogP contribution < -0.4 is 0 Å². The molecule has 1 aliphatic rings. The summed E-state index contributed by atoms with van der Waals surface area (Å²) in [5.41, 5.74) is 7.64. The van der Waals surface area contributed by atoms with Gasteiger partial charge in [0.2, 0.25) is 0 Å². The molecular formula is C27H28N2S2. The highest BCUT2D eigenvalue weighted by atomic mass is 32.1. The van der Waals surface area contributed by atoms with E-state index < -0.39 is 0 Å². The molecular weight excluding hydrogens is 416 g/mol. The lowest BCUT2D eigenvalue weighted by atomic mass is 9.86. The molecule has 4 aromatic rings. The maximum Gasteiger partial charge on any atom is 0.127 e. The van der Waals surface area contributed by atoms with Gasteiger partial charge in [-0.1, -0.05) is 57.2 Å². The molecule has 2 heterocycles. The van der Waals surface area contributed by atoms with E-state index in [1.807, 2.05) is 11.3 Å². The van der Waals surface area contributed by atoms with E-state index in [9.17, 15) is 0 Å². The molecule has 0 radical (unpaired) electrons. The number of aromatic nitrogens is 1. The van der Waals surface area contributed by atoms with Gasteiger partial charge >= 0.3 is 0 Å². The lowest BCUT2D eigenvalue weighted by Gasteiger charge is -2.19. The molecule has 0 N–H and O–H groups in total. The molecule has 0 saturated carbocycles. The first-order chi connectivity index (χ1) is 14.9. The minimum absolute atomic E-state index is 0.163. The number of benzene rings is 2. The third-order valence-electron chi connectivity index (χ3n) is 6.10. The van der Waals surface area contributed by atoms with E-state index in [0.29, 0.717) is 0 Å². The number of hydrogen-bond acceptors (Lipinski definition) is 4. The number of nitrogens with zero attached hydrogens (tertiary/aromatic N) is 2. The van der Waals surface area contributed by atoms with E-state index in [1.54, 1.807) is 11.3 Å². The minimum Gasteiger partial charge on any atom is -0.242 e. The molecule has 4 heteroatoms. The Morgan fingerprint density at radius 2 is 1.68 bits per heavy atom. The molecule has 0 bridgehead atoms. The molecule has 0 fully saturated rings. The van der Waals surface area contributed by atoms with Gasteiger partial charge in [0.25, 0.3) is 0 Å². The number of aliphatic imine (C=N–C) groups is 1. The molecule has 158 valence electrons. The van der Waals surface area contributed by atoms with Crippen LogP contribution in [-0.2, 0) is 18.3 Å².